The maximum atomic E-state index is 12.1. The van der Waals surface area contributed by atoms with E-state index in [1.54, 1.807) is 0 Å². The van der Waals surface area contributed by atoms with Gasteiger partial charge in [0.05, 0.1) is 12.3 Å². The molecule has 0 spiro atoms. The molecular formula is C20H37NO3. The summed E-state index contributed by atoms with van der Waals surface area (Å²) in [5, 5.41) is 0. The summed E-state index contributed by atoms with van der Waals surface area (Å²) in [7, 11) is 0. The van der Waals surface area contributed by atoms with Crippen molar-refractivity contribution in [3.8, 4) is 0 Å². The molecule has 2 N–H and O–H groups in total. The molecule has 4 heteroatoms. The van der Waals surface area contributed by atoms with Crippen molar-refractivity contribution in [2.45, 2.75) is 86.1 Å². The number of cyclic esters (lactones) is 2. The number of nitrogens with two attached hydrogens (primary N) is 1. The van der Waals surface area contributed by atoms with Gasteiger partial charge >= 0.3 is 11.9 Å². The SMILES string of the molecule is CCC(C)(N)C(CC(C)C(C)CCC(C)(C)C)C1CC(=O)OC1=O. The lowest BCUT2D eigenvalue weighted by molar-refractivity contribution is -0.154. The molecule has 1 saturated heterocycles. The topological polar surface area (TPSA) is 69.4 Å². The second-order valence-electron chi connectivity index (χ2n) is 9.36. The molecule has 0 aliphatic carbocycles. The second kappa shape index (κ2) is 7.99. The molecule has 0 aromatic carbocycles. The van der Waals surface area contributed by atoms with Crippen LogP contribution in [0.15, 0.2) is 0 Å². The Labute approximate surface area is 147 Å². The maximum absolute atomic E-state index is 12.1. The Morgan fingerprint density at radius 3 is 2.17 bits per heavy atom. The van der Waals surface area contributed by atoms with E-state index in [1.807, 2.05) is 13.8 Å². The fourth-order valence-electron chi connectivity index (χ4n) is 3.53. The van der Waals surface area contributed by atoms with Crippen LogP contribution in [-0.2, 0) is 14.3 Å². The highest BCUT2D eigenvalue weighted by atomic mass is 16.6. The van der Waals surface area contributed by atoms with Crippen LogP contribution in [0, 0.1) is 29.1 Å². The third-order valence-corrected chi connectivity index (χ3v) is 5.95. The first kappa shape index (κ1) is 21.1. The lowest BCUT2D eigenvalue weighted by atomic mass is 9.69. The molecule has 0 bridgehead atoms. The van der Waals surface area contributed by atoms with Crippen LogP contribution in [0.1, 0.15) is 80.6 Å². The van der Waals surface area contributed by atoms with Gasteiger partial charge < -0.3 is 10.5 Å². The van der Waals surface area contributed by atoms with Crippen molar-refractivity contribution in [3.05, 3.63) is 0 Å². The van der Waals surface area contributed by atoms with E-state index < -0.39 is 11.5 Å². The molecule has 1 fully saturated rings. The zero-order valence-corrected chi connectivity index (χ0v) is 16.6. The molecule has 0 aromatic rings. The monoisotopic (exact) mass is 339 g/mol. The van der Waals surface area contributed by atoms with Crippen molar-refractivity contribution in [1.29, 1.82) is 0 Å². The van der Waals surface area contributed by atoms with Crippen LogP contribution < -0.4 is 5.73 Å². The number of hydrogen-bond acceptors (Lipinski definition) is 4. The van der Waals surface area contributed by atoms with Crippen LogP contribution in [0.25, 0.3) is 0 Å². The summed E-state index contributed by atoms with van der Waals surface area (Å²) in [6.07, 6.45) is 4.16. The molecule has 24 heavy (non-hydrogen) atoms. The van der Waals surface area contributed by atoms with Crippen molar-refractivity contribution < 1.29 is 14.3 Å². The summed E-state index contributed by atoms with van der Waals surface area (Å²) in [6.45, 7) is 15.4. The van der Waals surface area contributed by atoms with Gasteiger partial charge in [0.25, 0.3) is 0 Å². The van der Waals surface area contributed by atoms with Crippen LogP contribution in [0.5, 0.6) is 0 Å². The summed E-state index contributed by atoms with van der Waals surface area (Å²) >= 11 is 0. The molecule has 1 heterocycles. The quantitative estimate of drug-likeness (QED) is 0.528. The second-order valence-corrected chi connectivity index (χ2v) is 9.36. The Kier molecular flexibility index (Phi) is 7.04. The molecule has 0 saturated carbocycles. The van der Waals surface area contributed by atoms with E-state index in [1.165, 1.54) is 12.8 Å². The minimum absolute atomic E-state index is 0.0199. The highest BCUT2D eigenvalue weighted by Gasteiger charge is 2.46. The summed E-state index contributed by atoms with van der Waals surface area (Å²) < 4.78 is 4.80. The van der Waals surface area contributed by atoms with Crippen LogP contribution in [0.2, 0.25) is 0 Å². The molecule has 5 unspecified atom stereocenters. The van der Waals surface area contributed by atoms with Gasteiger partial charge in [0, 0.05) is 5.54 Å². The number of ether oxygens (including phenoxy) is 1. The molecular weight excluding hydrogens is 302 g/mol. The fraction of sp³-hybridized carbons (Fsp3) is 0.900. The fourth-order valence-corrected chi connectivity index (χ4v) is 3.53. The molecule has 5 atom stereocenters. The van der Waals surface area contributed by atoms with Crippen molar-refractivity contribution in [2.24, 2.45) is 34.8 Å². The highest BCUT2D eigenvalue weighted by Crippen LogP contribution is 2.39. The van der Waals surface area contributed by atoms with Crippen LogP contribution in [0.4, 0.5) is 0 Å². The predicted octanol–water partition coefficient (Wildman–Crippen LogP) is 4.31. The highest BCUT2D eigenvalue weighted by molar-refractivity contribution is 5.94. The average molecular weight is 340 g/mol. The number of rotatable bonds is 8. The van der Waals surface area contributed by atoms with Gasteiger partial charge in [0.15, 0.2) is 0 Å². The first-order valence-corrected chi connectivity index (χ1v) is 9.40. The number of carbonyl (C=O) groups excluding carboxylic acids is 2. The molecule has 1 aliphatic heterocycles. The normalized spacial score (nSPS) is 25.1. The predicted molar refractivity (Wildman–Crippen MR) is 97.2 cm³/mol. The lowest BCUT2D eigenvalue weighted by Gasteiger charge is -2.38. The van der Waals surface area contributed by atoms with Gasteiger partial charge in [-0.1, -0.05) is 41.5 Å². The van der Waals surface area contributed by atoms with E-state index in [0.29, 0.717) is 17.3 Å². The van der Waals surface area contributed by atoms with Crippen LogP contribution in [-0.4, -0.2) is 17.5 Å². The van der Waals surface area contributed by atoms with Crippen molar-refractivity contribution in [3.63, 3.8) is 0 Å². The average Bonchev–Trinajstić information content (AvgIpc) is 2.79. The zero-order valence-electron chi connectivity index (χ0n) is 16.6. The van der Waals surface area contributed by atoms with Gasteiger partial charge in [-0.15, -0.1) is 0 Å². The largest absolute Gasteiger partial charge is 0.393 e. The smallest absolute Gasteiger partial charge is 0.317 e. The van der Waals surface area contributed by atoms with E-state index in [9.17, 15) is 9.59 Å². The lowest BCUT2D eigenvalue weighted by Crippen LogP contribution is -2.48. The van der Waals surface area contributed by atoms with E-state index in [-0.39, 0.29) is 24.2 Å². The third-order valence-electron chi connectivity index (χ3n) is 5.95. The first-order valence-electron chi connectivity index (χ1n) is 9.40. The van der Waals surface area contributed by atoms with E-state index >= 15 is 0 Å². The van der Waals surface area contributed by atoms with Gasteiger partial charge in [0.1, 0.15) is 0 Å². The van der Waals surface area contributed by atoms with Crippen molar-refractivity contribution >= 4 is 11.9 Å². The molecule has 1 aliphatic rings. The summed E-state index contributed by atoms with van der Waals surface area (Å²) in [6, 6.07) is 0. The Morgan fingerprint density at radius 2 is 1.75 bits per heavy atom. The minimum atomic E-state index is -0.466. The maximum Gasteiger partial charge on any atom is 0.317 e. The van der Waals surface area contributed by atoms with Gasteiger partial charge in [-0.3, -0.25) is 9.59 Å². The zero-order chi connectivity index (χ0) is 18.7. The molecule has 140 valence electrons. The van der Waals surface area contributed by atoms with Gasteiger partial charge in [-0.05, 0) is 55.8 Å². The summed E-state index contributed by atoms with van der Waals surface area (Å²) in [5.74, 6) is -0.180. The molecule has 0 amide bonds. The minimum Gasteiger partial charge on any atom is -0.393 e. The van der Waals surface area contributed by atoms with Gasteiger partial charge in [-0.2, -0.15) is 0 Å². The van der Waals surface area contributed by atoms with E-state index in [2.05, 4.69) is 34.6 Å². The van der Waals surface area contributed by atoms with E-state index in [0.717, 1.165) is 12.8 Å². The third kappa shape index (κ3) is 5.87. The molecule has 0 radical (unpaired) electrons. The Balaban J connectivity index is 2.81. The van der Waals surface area contributed by atoms with E-state index in [4.69, 9.17) is 10.5 Å². The molecule has 0 aromatic heterocycles. The standard InChI is InChI=1S/C20H37NO3/c1-8-20(7,21)16(15-12-17(22)24-18(15)23)11-14(3)13(2)9-10-19(4,5)6/h13-16H,8-12,21H2,1-7H3. The Bertz CT molecular complexity index is 450. The number of hydrogen-bond donors (Lipinski definition) is 1. The van der Waals surface area contributed by atoms with Gasteiger partial charge in [0.2, 0.25) is 0 Å². The van der Waals surface area contributed by atoms with Gasteiger partial charge in [-0.25, -0.2) is 0 Å². The first-order chi connectivity index (χ1) is 10.9. The summed E-state index contributed by atoms with van der Waals surface area (Å²) in [4.78, 5) is 23.6. The van der Waals surface area contributed by atoms with Crippen LogP contribution >= 0.6 is 0 Å². The molecule has 4 nitrogen and oxygen atoms in total. The Morgan fingerprint density at radius 1 is 1.17 bits per heavy atom. The number of esters is 2. The molecule has 1 rings (SSSR count). The van der Waals surface area contributed by atoms with Crippen LogP contribution in [0.3, 0.4) is 0 Å². The summed E-state index contributed by atoms with van der Waals surface area (Å²) in [5.41, 5.74) is 6.39. The van der Waals surface area contributed by atoms with Crippen molar-refractivity contribution in [1.82, 2.24) is 0 Å². The Hall–Kier alpha value is -0.900. The number of carbonyl (C=O) groups is 2. The van der Waals surface area contributed by atoms with Crippen molar-refractivity contribution in [2.75, 3.05) is 0 Å².